The van der Waals surface area contributed by atoms with E-state index in [4.69, 9.17) is 10.8 Å². The number of carbonyl (C=O) groups excluding carboxylic acids is 3. The van der Waals surface area contributed by atoms with Gasteiger partial charge in [0.1, 0.15) is 18.1 Å². The number of hydrogen-bond acceptors (Lipinski definition) is 6. The summed E-state index contributed by atoms with van der Waals surface area (Å²) in [5.41, 5.74) is 7.28. The molecule has 0 aliphatic carbocycles. The highest BCUT2D eigenvalue weighted by molar-refractivity contribution is 5.94. The zero-order valence-electron chi connectivity index (χ0n) is 22.0. The Morgan fingerprint density at radius 1 is 0.692 bits per heavy atom. The molecule has 0 saturated heterocycles. The van der Waals surface area contributed by atoms with Gasteiger partial charge in [-0.3, -0.25) is 19.2 Å². The number of rotatable bonds is 15. The zero-order valence-corrected chi connectivity index (χ0v) is 22.0. The summed E-state index contributed by atoms with van der Waals surface area (Å²) in [5.74, 6) is -4.80. The Bertz CT molecular complexity index is 1130. The summed E-state index contributed by atoms with van der Waals surface area (Å²) in [4.78, 5) is 62.2. The summed E-state index contributed by atoms with van der Waals surface area (Å²) in [5, 5.41) is 26.4. The Balaban J connectivity index is 2.26. The first-order valence-electron chi connectivity index (χ1n) is 12.7. The van der Waals surface area contributed by atoms with Crippen molar-refractivity contribution in [2.75, 3.05) is 0 Å². The van der Waals surface area contributed by atoms with Crippen LogP contribution in [0, 0.1) is 5.92 Å². The molecule has 7 N–H and O–H groups in total. The lowest BCUT2D eigenvalue weighted by atomic mass is 10.0. The highest BCUT2D eigenvalue weighted by Crippen LogP contribution is 2.09. The predicted molar refractivity (Wildman–Crippen MR) is 143 cm³/mol. The number of carbonyl (C=O) groups is 5. The van der Waals surface area contributed by atoms with Crippen LogP contribution >= 0.6 is 0 Å². The first kappa shape index (κ1) is 31.0. The Kier molecular flexibility index (Phi) is 12.1. The van der Waals surface area contributed by atoms with Gasteiger partial charge in [0.05, 0.1) is 6.04 Å². The highest BCUT2D eigenvalue weighted by Gasteiger charge is 2.31. The van der Waals surface area contributed by atoms with E-state index in [0.717, 1.165) is 0 Å². The number of hydrogen-bond donors (Lipinski definition) is 6. The van der Waals surface area contributed by atoms with Crippen LogP contribution in [0.3, 0.4) is 0 Å². The molecule has 0 aliphatic heterocycles. The molecule has 39 heavy (non-hydrogen) atoms. The molecular weight excluding hydrogens is 504 g/mol. The van der Waals surface area contributed by atoms with E-state index >= 15 is 0 Å². The number of aliphatic carboxylic acids is 2. The molecule has 0 saturated carbocycles. The van der Waals surface area contributed by atoms with E-state index in [1.54, 1.807) is 74.5 Å². The first-order chi connectivity index (χ1) is 18.5. The summed E-state index contributed by atoms with van der Waals surface area (Å²) >= 11 is 0. The van der Waals surface area contributed by atoms with E-state index in [0.29, 0.717) is 11.1 Å². The molecule has 2 aromatic rings. The van der Waals surface area contributed by atoms with E-state index in [1.165, 1.54) is 0 Å². The summed E-state index contributed by atoms with van der Waals surface area (Å²) in [6.07, 6.45) is -0.592. The normalized spacial score (nSPS) is 13.9. The Morgan fingerprint density at radius 3 is 1.59 bits per heavy atom. The molecule has 210 valence electrons. The van der Waals surface area contributed by atoms with Crippen molar-refractivity contribution in [3.05, 3.63) is 71.8 Å². The predicted octanol–water partition coefficient (Wildman–Crippen LogP) is 0.859. The molecule has 0 fully saturated rings. The molecule has 3 amide bonds. The van der Waals surface area contributed by atoms with Gasteiger partial charge in [0, 0.05) is 19.3 Å². The molecule has 0 heterocycles. The molecule has 0 bridgehead atoms. The topological polar surface area (TPSA) is 188 Å². The molecular formula is C28H36N4O7. The van der Waals surface area contributed by atoms with E-state index in [1.807, 2.05) is 0 Å². The van der Waals surface area contributed by atoms with Gasteiger partial charge in [-0.15, -0.1) is 0 Å². The van der Waals surface area contributed by atoms with E-state index in [-0.39, 0.29) is 25.2 Å². The second-order valence-electron chi connectivity index (χ2n) is 9.60. The van der Waals surface area contributed by atoms with Crippen LogP contribution in [-0.2, 0) is 36.8 Å². The van der Waals surface area contributed by atoms with Gasteiger partial charge in [-0.05, 0) is 23.5 Å². The van der Waals surface area contributed by atoms with Gasteiger partial charge in [0.25, 0.3) is 0 Å². The van der Waals surface area contributed by atoms with Gasteiger partial charge in [-0.1, -0.05) is 74.5 Å². The maximum Gasteiger partial charge on any atom is 0.326 e. The van der Waals surface area contributed by atoms with Gasteiger partial charge in [-0.2, -0.15) is 0 Å². The quantitative estimate of drug-likeness (QED) is 0.192. The van der Waals surface area contributed by atoms with Gasteiger partial charge in [0.15, 0.2) is 0 Å². The number of carboxylic acid groups (broad SMARTS) is 2. The third-order valence-corrected chi connectivity index (χ3v) is 6.11. The Hall–Kier alpha value is -4.25. The van der Waals surface area contributed by atoms with Gasteiger partial charge >= 0.3 is 11.9 Å². The first-order valence-corrected chi connectivity index (χ1v) is 12.7. The van der Waals surface area contributed by atoms with Crippen LogP contribution in [0.15, 0.2) is 60.7 Å². The lowest BCUT2D eigenvalue weighted by Gasteiger charge is -2.26. The molecule has 4 unspecified atom stereocenters. The second-order valence-corrected chi connectivity index (χ2v) is 9.60. The number of nitrogens with two attached hydrogens (primary N) is 1. The minimum Gasteiger partial charge on any atom is -0.481 e. The van der Waals surface area contributed by atoms with Crippen LogP contribution in [0.1, 0.15) is 37.8 Å². The van der Waals surface area contributed by atoms with E-state index in [9.17, 15) is 29.1 Å². The fourth-order valence-electron chi connectivity index (χ4n) is 3.76. The molecule has 0 spiro atoms. The number of benzene rings is 2. The molecule has 0 aliphatic rings. The maximum atomic E-state index is 13.3. The average molecular weight is 541 g/mol. The average Bonchev–Trinajstić information content (AvgIpc) is 2.90. The summed E-state index contributed by atoms with van der Waals surface area (Å²) in [6.45, 7) is 3.45. The van der Waals surface area contributed by atoms with Crippen molar-refractivity contribution in [2.45, 2.75) is 63.7 Å². The van der Waals surface area contributed by atoms with Crippen LogP contribution in [0.25, 0.3) is 0 Å². The lowest BCUT2D eigenvalue weighted by molar-refractivity contribution is -0.142. The fourth-order valence-corrected chi connectivity index (χ4v) is 3.76. The molecule has 2 aromatic carbocycles. The van der Waals surface area contributed by atoms with Crippen molar-refractivity contribution >= 4 is 29.7 Å². The monoisotopic (exact) mass is 540 g/mol. The van der Waals surface area contributed by atoms with Crippen LogP contribution in [0.4, 0.5) is 0 Å². The lowest BCUT2D eigenvalue weighted by Crippen LogP contribution is -2.58. The smallest absolute Gasteiger partial charge is 0.326 e. The zero-order chi connectivity index (χ0) is 28.9. The van der Waals surface area contributed by atoms with Gasteiger partial charge < -0.3 is 31.9 Å². The molecule has 0 aromatic heterocycles. The van der Waals surface area contributed by atoms with Crippen molar-refractivity contribution in [1.29, 1.82) is 0 Å². The van der Waals surface area contributed by atoms with E-state index in [2.05, 4.69) is 16.0 Å². The molecule has 11 heteroatoms. The second kappa shape index (κ2) is 15.2. The Morgan fingerprint density at radius 2 is 1.13 bits per heavy atom. The maximum absolute atomic E-state index is 13.3. The van der Waals surface area contributed by atoms with Crippen molar-refractivity contribution in [2.24, 2.45) is 11.7 Å². The molecule has 4 atom stereocenters. The number of nitrogens with one attached hydrogen (secondary N) is 3. The minimum absolute atomic E-state index is 0.0261. The van der Waals surface area contributed by atoms with Crippen LogP contribution in [-0.4, -0.2) is 64.0 Å². The minimum atomic E-state index is -1.27. The summed E-state index contributed by atoms with van der Waals surface area (Å²) in [6, 6.07) is 12.9. The largest absolute Gasteiger partial charge is 0.481 e. The molecule has 2 rings (SSSR count). The van der Waals surface area contributed by atoms with E-state index < -0.39 is 60.2 Å². The van der Waals surface area contributed by atoms with Crippen molar-refractivity contribution in [3.8, 4) is 0 Å². The highest BCUT2D eigenvalue weighted by atomic mass is 16.4. The standard InChI is InChI=1S/C28H36N4O7/c1-17(2)24(29)27(37)30-20(13-14-23(33)34)25(35)31-21(15-18-9-5-3-6-10-18)26(36)32-22(28(38)39)16-19-11-7-4-8-12-19/h3-12,17,20-22,24H,13-16,29H2,1-2H3,(H,30,37)(H,31,35)(H,32,36)(H,33,34)(H,38,39). The van der Waals surface area contributed by atoms with Gasteiger partial charge in [-0.25, -0.2) is 4.79 Å². The number of amides is 3. The van der Waals surface area contributed by atoms with Crippen LogP contribution < -0.4 is 21.7 Å². The SMILES string of the molecule is CC(C)C(N)C(=O)NC(CCC(=O)O)C(=O)NC(Cc1ccccc1)C(=O)NC(Cc1ccccc1)C(=O)O. The summed E-state index contributed by atoms with van der Waals surface area (Å²) in [7, 11) is 0. The van der Waals surface area contributed by atoms with Crippen molar-refractivity contribution in [3.63, 3.8) is 0 Å². The van der Waals surface area contributed by atoms with Crippen LogP contribution in [0.2, 0.25) is 0 Å². The third kappa shape index (κ3) is 10.6. The fraction of sp³-hybridized carbons (Fsp3) is 0.393. The molecule has 11 nitrogen and oxygen atoms in total. The Labute approximate surface area is 227 Å². The number of carboxylic acids is 2. The van der Waals surface area contributed by atoms with Crippen molar-refractivity contribution < 1.29 is 34.2 Å². The summed E-state index contributed by atoms with van der Waals surface area (Å²) < 4.78 is 0. The van der Waals surface area contributed by atoms with Crippen LogP contribution in [0.5, 0.6) is 0 Å². The van der Waals surface area contributed by atoms with Crippen molar-refractivity contribution in [1.82, 2.24) is 16.0 Å². The molecule has 0 radical (unpaired) electrons. The van der Waals surface area contributed by atoms with Gasteiger partial charge in [0.2, 0.25) is 17.7 Å². The third-order valence-electron chi connectivity index (χ3n) is 6.11.